The van der Waals surface area contributed by atoms with Gasteiger partial charge in [0.15, 0.2) is 0 Å². The average molecular weight is 292 g/mol. The number of carbonyl (C=O) groups is 2. The van der Waals surface area contributed by atoms with Gasteiger partial charge in [0, 0.05) is 18.8 Å². The van der Waals surface area contributed by atoms with Crippen LogP contribution >= 0.6 is 0 Å². The van der Waals surface area contributed by atoms with Crippen molar-refractivity contribution in [2.45, 2.75) is 46.2 Å². The van der Waals surface area contributed by atoms with Gasteiger partial charge < -0.3 is 16.0 Å². The molecule has 21 heavy (non-hydrogen) atoms. The fraction of sp³-hybridized carbons (Fsp3) is 0.533. The zero-order valence-electron chi connectivity index (χ0n) is 13.1. The van der Waals surface area contributed by atoms with E-state index in [1.807, 2.05) is 13.8 Å². The van der Waals surface area contributed by atoms with Crippen molar-refractivity contribution in [3.63, 3.8) is 0 Å². The summed E-state index contributed by atoms with van der Waals surface area (Å²) in [5.41, 5.74) is 0.432. The molecule has 0 aliphatic rings. The van der Waals surface area contributed by atoms with Crippen molar-refractivity contribution in [1.82, 2.24) is 15.6 Å². The number of nitrogens with one attached hydrogen (secondary N) is 3. The molecule has 6 nitrogen and oxygen atoms in total. The Hall–Kier alpha value is -2.11. The first kappa shape index (κ1) is 16.9. The Morgan fingerprint density at radius 3 is 2.43 bits per heavy atom. The Morgan fingerprint density at radius 2 is 1.90 bits per heavy atom. The molecule has 0 aromatic carbocycles. The molecule has 0 aliphatic heterocycles. The molecule has 1 rings (SSSR count). The van der Waals surface area contributed by atoms with E-state index in [1.165, 1.54) is 6.20 Å². The first-order valence-electron chi connectivity index (χ1n) is 7.25. The van der Waals surface area contributed by atoms with Crippen LogP contribution < -0.4 is 16.0 Å². The fourth-order valence-electron chi connectivity index (χ4n) is 1.64. The molecule has 1 unspecified atom stereocenters. The Morgan fingerprint density at radius 1 is 1.19 bits per heavy atom. The first-order valence-corrected chi connectivity index (χ1v) is 7.25. The van der Waals surface area contributed by atoms with Crippen LogP contribution in [0.3, 0.4) is 0 Å². The van der Waals surface area contributed by atoms with Gasteiger partial charge in [0.25, 0.3) is 5.91 Å². The lowest BCUT2D eigenvalue weighted by atomic mass is 10.2. The molecule has 2 amide bonds. The van der Waals surface area contributed by atoms with Crippen molar-refractivity contribution >= 4 is 17.6 Å². The van der Waals surface area contributed by atoms with Crippen molar-refractivity contribution < 1.29 is 9.59 Å². The Labute approximate surface area is 125 Å². The summed E-state index contributed by atoms with van der Waals surface area (Å²) >= 11 is 0. The van der Waals surface area contributed by atoms with Crippen LogP contribution in [0, 0.1) is 0 Å². The minimum atomic E-state index is -0.585. The lowest BCUT2D eigenvalue weighted by Crippen LogP contribution is -2.46. The standard InChI is InChI=1S/C15H24N4O2/c1-5-8-16-13-7-6-12(9-17-13)15(21)19-11(4)14(20)18-10(2)3/h6-7,9-11H,5,8H2,1-4H3,(H,16,17)(H,18,20)(H,19,21). The van der Waals surface area contributed by atoms with Crippen LogP contribution in [0.15, 0.2) is 18.3 Å². The third-order valence-electron chi connectivity index (χ3n) is 2.75. The zero-order valence-corrected chi connectivity index (χ0v) is 13.1. The first-order chi connectivity index (χ1) is 9.93. The molecule has 0 aliphatic carbocycles. The second kappa shape index (κ2) is 8.24. The second-order valence-electron chi connectivity index (χ2n) is 5.22. The highest BCUT2D eigenvalue weighted by Crippen LogP contribution is 2.05. The van der Waals surface area contributed by atoms with Gasteiger partial charge in [0.05, 0.1) is 5.56 Å². The lowest BCUT2D eigenvalue weighted by molar-refractivity contribution is -0.123. The maximum atomic E-state index is 12.0. The molecule has 6 heteroatoms. The maximum Gasteiger partial charge on any atom is 0.253 e. The Bertz CT molecular complexity index is 471. The summed E-state index contributed by atoms with van der Waals surface area (Å²) in [5.74, 6) is 0.225. The monoisotopic (exact) mass is 292 g/mol. The van der Waals surface area contributed by atoms with Gasteiger partial charge in [-0.05, 0) is 39.3 Å². The SMILES string of the molecule is CCCNc1ccc(C(=O)NC(C)C(=O)NC(C)C)cn1. The second-order valence-corrected chi connectivity index (χ2v) is 5.22. The van der Waals surface area contributed by atoms with Gasteiger partial charge in [-0.3, -0.25) is 9.59 Å². The van der Waals surface area contributed by atoms with Crippen molar-refractivity contribution in [3.05, 3.63) is 23.9 Å². The number of rotatable bonds is 7. The van der Waals surface area contributed by atoms with E-state index in [-0.39, 0.29) is 17.9 Å². The van der Waals surface area contributed by atoms with E-state index in [1.54, 1.807) is 19.1 Å². The van der Waals surface area contributed by atoms with E-state index in [4.69, 9.17) is 0 Å². The molecule has 3 N–H and O–H groups in total. The van der Waals surface area contributed by atoms with Crippen LogP contribution in [-0.2, 0) is 4.79 Å². The predicted octanol–water partition coefficient (Wildman–Crippen LogP) is 1.55. The number of hydrogen-bond donors (Lipinski definition) is 3. The van der Waals surface area contributed by atoms with Crippen LogP contribution in [0.5, 0.6) is 0 Å². The number of pyridine rings is 1. The summed E-state index contributed by atoms with van der Waals surface area (Å²) in [6.07, 6.45) is 2.51. The molecular weight excluding hydrogens is 268 g/mol. The molecule has 116 valence electrons. The Kier molecular flexibility index (Phi) is 6.65. The lowest BCUT2D eigenvalue weighted by Gasteiger charge is -2.16. The Balaban J connectivity index is 2.57. The van der Waals surface area contributed by atoms with Gasteiger partial charge in [0.2, 0.25) is 5.91 Å². The molecule has 0 radical (unpaired) electrons. The van der Waals surface area contributed by atoms with E-state index in [0.717, 1.165) is 18.8 Å². The molecule has 1 heterocycles. The highest BCUT2D eigenvalue weighted by Gasteiger charge is 2.17. The normalized spacial score (nSPS) is 11.9. The number of hydrogen-bond acceptors (Lipinski definition) is 4. The van der Waals surface area contributed by atoms with Gasteiger partial charge in [-0.1, -0.05) is 6.92 Å². The minimum Gasteiger partial charge on any atom is -0.370 e. The van der Waals surface area contributed by atoms with Crippen molar-refractivity contribution in [2.75, 3.05) is 11.9 Å². The smallest absolute Gasteiger partial charge is 0.253 e. The molecule has 0 bridgehead atoms. The van der Waals surface area contributed by atoms with Gasteiger partial charge in [0.1, 0.15) is 11.9 Å². The molecule has 0 saturated carbocycles. The number of carbonyl (C=O) groups excluding carboxylic acids is 2. The summed E-state index contributed by atoms with van der Waals surface area (Å²) in [6.45, 7) is 8.31. The van der Waals surface area contributed by atoms with E-state index in [2.05, 4.69) is 27.9 Å². The molecule has 0 spiro atoms. The number of aromatic nitrogens is 1. The molecular formula is C15H24N4O2. The third-order valence-corrected chi connectivity index (χ3v) is 2.75. The third kappa shape index (κ3) is 5.81. The van der Waals surface area contributed by atoms with Crippen LogP contribution in [0.4, 0.5) is 5.82 Å². The average Bonchev–Trinajstić information content (AvgIpc) is 2.44. The van der Waals surface area contributed by atoms with Crippen molar-refractivity contribution in [3.8, 4) is 0 Å². The van der Waals surface area contributed by atoms with E-state index in [9.17, 15) is 9.59 Å². The molecule has 1 atom stereocenters. The highest BCUT2D eigenvalue weighted by atomic mass is 16.2. The zero-order chi connectivity index (χ0) is 15.8. The van der Waals surface area contributed by atoms with Gasteiger partial charge in [-0.2, -0.15) is 0 Å². The predicted molar refractivity (Wildman–Crippen MR) is 83.2 cm³/mol. The van der Waals surface area contributed by atoms with Gasteiger partial charge in [-0.15, -0.1) is 0 Å². The quantitative estimate of drug-likeness (QED) is 0.712. The van der Waals surface area contributed by atoms with E-state index < -0.39 is 6.04 Å². The van der Waals surface area contributed by atoms with Crippen LogP contribution in [-0.4, -0.2) is 35.4 Å². The van der Waals surface area contributed by atoms with Crippen LogP contribution in [0.1, 0.15) is 44.5 Å². The molecule has 0 fully saturated rings. The van der Waals surface area contributed by atoms with E-state index >= 15 is 0 Å². The van der Waals surface area contributed by atoms with E-state index in [0.29, 0.717) is 5.56 Å². The number of anilines is 1. The van der Waals surface area contributed by atoms with Crippen LogP contribution in [0.25, 0.3) is 0 Å². The fourth-order valence-corrected chi connectivity index (χ4v) is 1.64. The molecule has 0 saturated heterocycles. The maximum absolute atomic E-state index is 12.0. The molecule has 1 aromatic rings. The number of amides is 2. The summed E-state index contributed by atoms with van der Waals surface area (Å²) in [5, 5.41) is 8.54. The van der Waals surface area contributed by atoms with Crippen LogP contribution in [0.2, 0.25) is 0 Å². The number of nitrogens with zero attached hydrogens (tertiary/aromatic N) is 1. The summed E-state index contributed by atoms with van der Waals surface area (Å²) < 4.78 is 0. The van der Waals surface area contributed by atoms with Crippen molar-refractivity contribution in [1.29, 1.82) is 0 Å². The minimum absolute atomic E-state index is 0.0439. The summed E-state index contributed by atoms with van der Waals surface area (Å²) in [6, 6.07) is 2.90. The topological polar surface area (TPSA) is 83.1 Å². The largest absolute Gasteiger partial charge is 0.370 e. The summed E-state index contributed by atoms with van der Waals surface area (Å²) in [7, 11) is 0. The van der Waals surface area contributed by atoms with Gasteiger partial charge in [-0.25, -0.2) is 4.98 Å². The highest BCUT2D eigenvalue weighted by molar-refractivity contribution is 5.97. The van der Waals surface area contributed by atoms with Crippen molar-refractivity contribution in [2.24, 2.45) is 0 Å². The van der Waals surface area contributed by atoms with Gasteiger partial charge >= 0.3 is 0 Å². The molecule has 1 aromatic heterocycles. The summed E-state index contributed by atoms with van der Waals surface area (Å²) in [4.78, 5) is 27.9.